The normalized spacial score (nSPS) is 11.1. The Morgan fingerprint density at radius 2 is 1.92 bits per heavy atom. The van der Waals surface area contributed by atoms with E-state index in [1.807, 2.05) is 0 Å². The standard InChI is InChI=1S/C19H15NO5/c1-25-16-10-11(6-8-14(16)21)7-9-15(22)17-18(23)12-4-2-3-5-13(12)20-19(17)24/h2-10,21H,1H3,(H2,20,23,24)/b9-7+. The van der Waals surface area contributed by atoms with Gasteiger partial charge in [0.1, 0.15) is 11.3 Å². The third-order valence-corrected chi connectivity index (χ3v) is 3.77. The van der Waals surface area contributed by atoms with Gasteiger partial charge in [0.05, 0.1) is 12.6 Å². The number of ether oxygens (including phenoxy) is 1. The molecule has 0 bridgehead atoms. The minimum absolute atomic E-state index is 0.0189. The summed E-state index contributed by atoms with van der Waals surface area (Å²) in [5.74, 6) is -0.732. The van der Waals surface area contributed by atoms with Crippen molar-refractivity contribution < 1.29 is 19.7 Å². The quantitative estimate of drug-likeness (QED) is 0.502. The van der Waals surface area contributed by atoms with Crippen molar-refractivity contribution in [1.29, 1.82) is 0 Å². The van der Waals surface area contributed by atoms with Gasteiger partial charge in [-0.05, 0) is 35.9 Å². The molecule has 126 valence electrons. The van der Waals surface area contributed by atoms with Crippen LogP contribution < -0.4 is 10.3 Å². The van der Waals surface area contributed by atoms with Crippen molar-refractivity contribution >= 4 is 22.8 Å². The summed E-state index contributed by atoms with van der Waals surface area (Å²) in [5.41, 5.74) is 0.0725. The van der Waals surface area contributed by atoms with Gasteiger partial charge < -0.3 is 19.9 Å². The van der Waals surface area contributed by atoms with E-state index in [9.17, 15) is 19.8 Å². The number of hydrogen-bond acceptors (Lipinski definition) is 5. The predicted octanol–water partition coefficient (Wildman–Crippen LogP) is 2.84. The molecule has 0 aliphatic rings. The second-order valence-corrected chi connectivity index (χ2v) is 5.35. The first-order valence-electron chi connectivity index (χ1n) is 7.44. The summed E-state index contributed by atoms with van der Waals surface area (Å²) in [7, 11) is 1.42. The van der Waals surface area contributed by atoms with Crippen LogP contribution in [0.15, 0.2) is 53.3 Å². The van der Waals surface area contributed by atoms with Crippen molar-refractivity contribution in [3.8, 4) is 17.2 Å². The Bertz CT molecular complexity index is 1050. The van der Waals surface area contributed by atoms with Gasteiger partial charge in [-0.1, -0.05) is 24.3 Å². The first-order chi connectivity index (χ1) is 12.0. The van der Waals surface area contributed by atoms with E-state index in [-0.39, 0.29) is 22.8 Å². The zero-order valence-electron chi connectivity index (χ0n) is 13.3. The van der Waals surface area contributed by atoms with E-state index >= 15 is 0 Å². The molecule has 3 aromatic rings. The smallest absolute Gasteiger partial charge is 0.263 e. The highest BCUT2D eigenvalue weighted by molar-refractivity contribution is 6.11. The second kappa shape index (κ2) is 6.52. The molecule has 0 radical (unpaired) electrons. The molecule has 1 heterocycles. The first kappa shape index (κ1) is 16.3. The van der Waals surface area contributed by atoms with Gasteiger partial charge in [-0.3, -0.25) is 9.59 Å². The molecular weight excluding hydrogens is 322 g/mol. The molecule has 1 aromatic heterocycles. The van der Waals surface area contributed by atoms with Crippen LogP contribution in [0.4, 0.5) is 0 Å². The van der Waals surface area contributed by atoms with Gasteiger partial charge in [0.2, 0.25) is 0 Å². The molecular formula is C19H15NO5. The van der Waals surface area contributed by atoms with Crippen LogP contribution in [0.3, 0.4) is 0 Å². The van der Waals surface area contributed by atoms with Crippen molar-refractivity contribution in [2.75, 3.05) is 7.11 Å². The van der Waals surface area contributed by atoms with Gasteiger partial charge in [-0.15, -0.1) is 0 Å². The summed E-state index contributed by atoms with van der Waals surface area (Å²) in [5, 5.41) is 20.3. The molecule has 0 saturated carbocycles. The molecule has 0 aliphatic carbocycles. The van der Waals surface area contributed by atoms with Crippen molar-refractivity contribution in [2.45, 2.75) is 0 Å². The largest absolute Gasteiger partial charge is 0.506 e. The zero-order chi connectivity index (χ0) is 18.0. The van der Waals surface area contributed by atoms with Crippen LogP contribution in [0.5, 0.6) is 17.2 Å². The number of benzene rings is 2. The maximum atomic E-state index is 12.4. The number of carbonyl (C=O) groups excluding carboxylic acids is 1. The van der Waals surface area contributed by atoms with E-state index in [0.717, 1.165) is 0 Å². The van der Waals surface area contributed by atoms with E-state index in [2.05, 4.69) is 4.98 Å². The Morgan fingerprint density at radius 3 is 2.68 bits per heavy atom. The Hall–Kier alpha value is -3.54. The highest BCUT2D eigenvalue weighted by Gasteiger charge is 2.16. The SMILES string of the molecule is COc1cc(/C=C/C(=O)c2c(O)c3ccccc3[nH]c2=O)ccc1O. The Balaban J connectivity index is 1.99. The molecule has 2 aromatic carbocycles. The fraction of sp³-hybridized carbons (Fsp3) is 0.0526. The van der Waals surface area contributed by atoms with Gasteiger partial charge in [-0.2, -0.15) is 0 Å². The highest BCUT2D eigenvalue weighted by atomic mass is 16.5. The zero-order valence-corrected chi connectivity index (χ0v) is 13.3. The number of aromatic amines is 1. The summed E-state index contributed by atoms with van der Waals surface area (Å²) in [6.07, 6.45) is 2.66. The second-order valence-electron chi connectivity index (χ2n) is 5.35. The number of H-pyrrole nitrogens is 1. The number of allylic oxidation sites excluding steroid dienone is 1. The Labute approximate surface area is 142 Å². The highest BCUT2D eigenvalue weighted by Crippen LogP contribution is 2.27. The molecule has 25 heavy (non-hydrogen) atoms. The molecule has 0 aliphatic heterocycles. The van der Waals surface area contributed by atoms with Gasteiger partial charge in [0.15, 0.2) is 17.3 Å². The van der Waals surface area contributed by atoms with Gasteiger partial charge in [0, 0.05) is 5.39 Å². The van der Waals surface area contributed by atoms with Crippen LogP contribution >= 0.6 is 0 Å². The lowest BCUT2D eigenvalue weighted by Crippen LogP contribution is -2.16. The van der Waals surface area contributed by atoms with Crippen LogP contribution in [0.2, 0.25) is 0 Å². The number of rotatable bonds is 4. The van der Waals surface area contributed by atoms with E-state index in [1.54, 1.807) is 36.4 Å². The number of pyridine rings is 1. The fourth-order valence-corrected chi connectivity index (χ4v) is 2.51. The fourth-order valence-electron chi connectivity index (χ4n) is 2.51. The third kappa shape index (κ3) is 3.10. The number of fused-ring (bicyclic) bond motifs is 1. The number of aromatic nitrogens is 1. The van der Waals surface area contributed by atoms with E-state index in [0.29, 0.717) is 16.5 Å². The molecule has 6 heteroatoms. The van der Waals surface area contributed by atoms with Crippen molar-refractivity contribution in [2.24, 2.45) is 0 Å². The molecule has 0 unspecified atom stereocenters. The van der Waals surface area contributed by atoms with Crippen molar-refractivity contribution in [1.82, 2.24) is 4.98 Å². The summed E-state index contributed by atoms with van der Waals surface area (Å²) in [6, 6.07) is 11.2. The lowest BCUT2D eigenvalue weighted by molar-refractivity contribution is 0.104. The number of ketones is 1. The number of phenolic OH excluding ortho intramolecular Hbond substituents is 1. The number of phenols is 1. The lowest BCUT2D eigenvalue weighted by Gasteiger charge is -2.05. The number of hydrogen-bond donors (Lipinski definition) is 3. The summed E-state index contributed by atoms with van der Waals surface area (Å²) in [6.45, 7) is 0. The van der Waals surface area contributed by atoms with Crippen molar-refractivity contribution in [3.05, 3.63) is 70.0 Å². The molecule has 0 saturated heterocycles. The monoisotopic (exact) mass is 337 g/mol. The molecule has 3 N–H and O–H groups in total. The van der Waals surface area contributed by atoms with E-state index in [1.165, 1.54) is 25.3 Å². The summed E-state index contributed by atoms with van der Waals surface area (Å²) >= 11 is 0. The van der Waals surface area contributed by atoms with Crippen molar-refractivity contribution in [3.63, 3.8) is 0 Å². The number of methoxy groups -OCH3 is 1. The molecule has 0 amide bonds. The molecule has 0 atom stereocenters. The van der Waals surface area contributed by atoms with Crippen LogP contribution in [0.25, 0.3) is 17.0 Å². The number of carbonyl (C=O) groups is 1. The van der Waals surface area contributed by atoms with Crippen LogP contribution in [-0.4, -0.2) is 28.1 Å². The summed E-state index contributed by atoms with van der Waals surface area (Å²) in [4.78, 5) is 27.1. The molecule has 3 rings (SSSR count). The minimum atomic E-state index is -0.658. The van der Waals surface area contributed by atoms with Crippen LogP contribution in [0, 0.1) is 0 Å². The number of nitrogens with one attached hydrogen (secondary N) is 1. The minimum Gasteiger partial charge on any atom is -0.506 e. The number of aromatic hydroxyl groups is 2. The predicted molar refractivity (Wildman–Crippen MR) is 94.3 cm³/mol. The van der Waals surface area contributed by atoms with E-state index in [4.69, 9.17) is 4.74 Å². The maximum absolute atomic E-state index is 12.4. The maximum Gasteiger partial charge on any atom is 0.263 e. The van der Waals surface area contributed by atoms with Gasteiger partial charge in [-0.25, -0.2) is 0 Å². The lowest BCUT2D eigenvalue weighted by atomic mass is 10.1. The van der Waals surface area contributed by atoms with E-state index < -0.39 is 11.3 Å². The Morgan fingerprint density at radius 1 is 1.16 bits per heavy atom. The average Bonchev–Trinajstić information content (AvgIpc) is 2.61. The average molecular weight is 337 g/mol. The Kier molecular flexibility index (Phi) is 4.26. The van der Waals surface area contributed by atoms with Crippen LogP contribution in [0.1, 0.15) is 15.9 Å². The molecule has 0 spiro atoms. The molecule has 6 nitrogen and oxygen atoms in total. The molecule has 0 fully saturated rings. The summed E-state index contributed by atoms with van der Waals surface area (Å²) < 4.78 is 5.00. The topological polar surface area (TPSA) is 99.6 Å². The van der Waals surface area contributed by atoms with Gasteiger partial charge >= 0.3 is 0 Å². The van der Waals surface area contributed by atoms with Crippen LogP contribution in [-0.2, 0) is 0 Å². The van der Waals surface area contributed by atoms with Gasteiger partial charge in [0.25, 0.3) is 5.56 Å². The third-order valence-electron chi connectivity index (χ3n) is 3.77. The first-order valence-corrected chi connectivity index (χ1v) is 7.44. The number of para-hydroxylation sites is 1.